The number of H-pyrrole nitrogens is 1. The standard InChI is InChI=1S/C13H8ClFN2/c14-10-3-1-8-5-11(17-12(8)6-10)9-2-4-13(15)16-7-9/h1-7,17H. The zero-order chi connectivity index (χ0) is 11.8. The summed E-state index contributed by atoms with van der Waals surface area (Å²) in [5.74, 6) is -0.479. The third kappa shape index (κ3) is 1.89. The first-order valence-electron chi connectivity index (χ1n) is 5.12. The largest absolute Gasteiger partial charge is 0.354 e. The maximum atomic E-state index is 12.7. The molecule has 0 saturated carbocycles. The van der Waals surface area contributed by atoms with Gasteiger partial charge in [-0.2, -0.15) is 4.39 Å². The summed E-state index contributed by atoms with van der Waals surface area (Å²) in [5, 5.41) is 1.75. The minimum atomic E-state index is -0.479. The minimum Gasteiger partial charge on any atom is -0.354 e. The molecule has 0 aliphatic rings. The molecule has 0 saturated heterocycles. The highest BCUT2D eigenvalue weighted by Gasteiger charge is 2.04. The van der Waals surface area contributed by atoms with Gasteiger partial charge in [0, 0.05) is 33.4 Å². The van der Waals surface area contributed by atoms with Crippen molar-refractivity contribution >= 4 is 22.5 Å². The van der Waals surface area contributed by atoms with Crippen molar-refractivity contribution in [3.8, 4) is 11.3 Å². The first kappa shape index (κ1) is 10.3. The molecule has 0 spiro atoms. The van der Waals surface area contributed by atoms with Gasteiger partial charge in [0.05, 0.1) is 0 Å². The first-order chi connectivity index (χ1) is 8.22. The number of nitrogens with one attached hydrogen (secondary N) is 1. The van der Waals surface area contributed by atoms with E-state index in [0.717, 1.165) is 22.2 Å². The summed E-state index contributed by atoms with van der Waals surface area (Å²) in [4.78, 5) is 6.86. The monoisotopic (exact) mass is 246 g/mol. The molecular formula is C13H8ClFN2. The summed E-state index contributed by atoms with van der Waals surface area (Å²) in [7, 11) is 0. The normalized spacial score (nSPS) is 10.9. The van der Waals surface area contributed by atoms with E-state index in [0.29, 0.717) is 5.02 Å². The van der Waals surface area contributed by atoms with E-state index in [2.05, 4.69) is 9.97 Å². The Hall–Kier alpha value is -1.87. The van der Waals surface area contributed by atoms with E-state index in [1.807, 2.05) is 24.3 Å². The van der Waals surface area contributed by atoms with Crippen LogP contribution in [0.15, 0.2) is 42.6 Å². The lowest BCUT2D eigenvalue weighted by molar-refractivity contribution is 0.584. The molecule has 4 heteroatoms. The fourth-order valence-electron chi connectivity index (χ4n) is 1.79. The van der Waals surface area contributed by atoms with Gasteiger partial charge in [0.15, 0.2) is 0 Å². The van der Waals surface area contributed by atoms with Crippen LogP contribution in [0, 0.1) is 5.95 Å². The molecule has 0 bridgehead atoms. The van der Waals surface area contributed by atoms with Gasteiger partial charge in [-0.15, -0.1) is 0 Å². The Morgan fingerprint density at radius 1 is 1.12 bits per heavy atom. The van der Waals surface area contributed by atoms with E-state index in [-0.39, 0.29) is 0 Å². The summed E-state index contributed by atoms with van der Waals surface area (Å²) in [6, 6.07) is 10.7. The maximum Gasteiger partial charge on any atom is 0.212 e. The van der Waals surface area contributed by atoms with Gasteiger partial charge in [0.25, 0.3) is 0 Å². The summed E-state index contributed by atoms with van der Waals surface area (Å²) >= 11 is 5.91. The smallest absolute Gasteiger partial charge is 0.212 e. The van der Waals surface area contributed by atoms with Crippen LogP contribution in [-0.4, -0.2) is 9.97 Å². The van der Waals surface area contributed by atoms with Gasteiger partial charge < -0.3 is 4.98 Å². The van der Waals surface area contributed by atoms with Crippen molar-refractivity contribution in [3.05, 3.63) is 53.6 Å². The number of nitrogens with zero attached hydrogens (tertiary/aromatic N) is 1. The molecule has 2 aromatic heterocycles. The van der Waals surface area contributed by atoms with Gasteiger partial charge in [0.2, 0.25) is 5.95 Å². The zero-order valence-electron chi connectivity index (χ0n) is 8.74. The highest BCUT2D eigenvalue weighted by atomic mass is 35.5. The van der Waals surface area contributed by atoms with Gasteiger partial charge in [-0.3, -0.25) is 0 Å². The van der Waals surface area contributed by atoms with Crippen LogP contribution in [0.1, 0.15) is 0 Å². The van der Waals surface area contributed by atoms with Crippen molar-refractivity contribution in [2.45, 2.75) is 0 Å². The first-order valence-corrected chi connectivity index (χ1v) is 5.50. The Labute approximate surface area is 102 Å². The van der Waals surface area contributed by atoms with Crippen LogP contribution in [0.4, 0.5) is 4.39 Å². The van der Waals surface area contributed by atoms with Crippen LogP contribution in [0.3, 0.4) is 0 Å². The molecule has 1 aromatic carbocycles. The number of benzene rings is 1. The van der Waals surface area contributed by atoms with Gasteiger partial charge >= 0.3 is 0 Å². The predicted molar refractivity (Wildman–Crippen MR) is 66.5 cm³/mol. The van der Waals surface area contributed by atoms with E-state index >= 15 is 0 Å². The Morgan fingerprint density at radius 2 is 2.00 bits per heavy atom. The van der Waals surface area contributed by atoms with Crippen molar-refractivity contribution in [1.82, 2.24) is 9.97 Å². The lowest BCUT2D eigenvalue weighted by Crippen LogP contribution is -1.83. The number of aromatic nitrogens is 2. The number of hydrogen-bond acceptors (Lipinski definition) is 1. The minimum absolute atomic E-state index is 0.479. The molecule has 3 aromatic rings. The predicted octanol–water partition coefficient (Wildman–Crippen LogP) is 4.02. The molecule has 0 radical (unpaired) electrons. The van der Waals surface area contributed by atoms with Crippen LogP contribution in [0.5, 0.6) is 0 Å². The maximum absolute atomic E-state index is 12.7. The highest BCUT2D eigenvalue weighted by molar-refractivity contribution is 6.31. The summed E-state index contributed by atoms with van der Waals surface area (Å²) in [5.41, 5.74) is 2.70. The average molecular weight is 247 g/mol. The zero-order valence-corrected chi connectivity index (χ0v) is 9.50. The molecule has 0 unspecified atom stereocenters. The quantitative estimate of drug-likeness (QED) is 0.646. The number of pyridine rings is 1. The number of aromatic amines is 1. The molecule has 2 nitrogen and oxygen atoms in total. The Morgan fingerprint density at radius 3 is 2.76 bits per heavy atom. The molecule has 0 aliphatic carbocycles. The molecule has 0 atom stereocenters. The Bertz CT molecular complexity index is 673. The molecule has 0 fully saturated rings. The van der Waals surface area contributed by atoms with Crippen molar-refractivity contribution < 1.29 is 4.39 Å². The van der Waals surface area contributed by atoms with Crippen molar-refractivity contribution in [3.63, 3.8) is 0 Å². The fraction of sp³-hybridized carbons (Fsp3) is 0. The van der Waals surface area contributed by atoms with E-state index < -0.39 is 5.95 Å². The number of hydrogen-bond donors (Lipinski definition) is 1. The molecule has 2 heterocycles. The third-order valence-corrected chi connectivity index (χ3v) is 2.86. The van der Waals surface area contributed by atoms with Crippen LogP contribution in [0.2, 0.25) is 5.02 Å². The number of halogens is 2. The second-order valence-electron chi connectivity index (χ2n) is 3.78. The molecule has 1 N–H and O–H groups in total. The topological polar surface area (TPSA) is 28.7 Å². The van der Waals surface area contributed by atoms with Crippen LogP contribution in [0.25, 0.3) is 22.2 Å². The fourth-order valence-corrected chi connectivity index (χ4v) is 1.96. The molecule has 84 valence electrons. The third-order valence-electron chi connectivity index (χ3n) is 2.62. The Balaban J connectivity index is 2.14. The molecule has 17 heavy (non-hydrogen) atoms. The summed E-state index contributed by atoms with van der Waals surface area (Å²) in [6.45, 7) is 0. The molecule has 3 rings (SSSR count). The van der Waals surface area contributed by atoms with E-state index in [1.165, 1.54) is 12.3 Å². The molecule has 0 aliphatic heterocycles. The average Bonchev–Trinajstić information content (AvgIpc) is 2.72. The van der Waals surface area contributed by atoms with Crippen LogP contribution in [-0.2, 0) is 0 Å². The molecular weight excluding hydrogens is 239 g/mol. The highest BCUT2D eigenvalue weighted by Crippen LogP contribution is 2.25. The second-order valence-corrected chi connectivity index (χ2v) is 4.22. The molecule has 0 amide bonds. The van der Waals surface area contributed by atoms with Gasteiger partial charge in [-0.1, -0.05) is 17.7 Å². The van der Waals surface area contributed by atoms with Crippen LogP contribution >= 0.6 is 11.6 Å². The van der Waals surface area contributed by atoms with Gasteiger partial charge in [-0.25, -0.2) is 4.98 Å². The Kier molecular flexibility index (Phi) is 2.34. The van der Waals surface area contributed by atoms with Crippen LogP contribution < -0.4 is 0 Å². The number of fused-ring (bicyclic) bond motifs is 1. The lowest BCUT2D eigenvalue weighted by atomic mass is 10.2. The van der Waals surface area contributed by atoms with Gasteiger partial charge in [0.1, 0.15) is 0 Å². The van der Waals surface area contributed by atoms with E-state index in [9.17, 15) is 4.39 Å². The summed E-state index contributed by atoms with van der Waals surface area (Å²) in [6.07, 6.45) is 1.50. The second kappa shape index (κ2) is 3.86. The SMILES string of the molecule is Fc1ccc(-c2cc3ccc(Cl)cc3[nH]2)cn1. The van der Waals surface area contributed by atoms with Crippen molar-refractivity contribution in [2.24, 2.45) is 0 Å². The van der Waals surface area contributed by atoms with E-state index in [1.54, 1.807) is 6.07 Å². The van der Waals surface area contributed by atoms with Crippen molar-refractivity contribution in [1.29, 1.82) is 0 Å². The summed E-state index contributed by atoms with van der Waals surface area (Å²) < 4.78 is 12.7. The number of rotatable bonds is 1. The van der Waals surface area contributed by atoms with E-state index in [4.69, 9.17) is 11.6 Å². The van der Waals surface area contributed by atoms with Gasteiger partial charge in [-0.05, 0) is 30.3 Å². The lowest BCUT2D eigenvalue weighted by Gasteiger charge is -1.95. The van der Waals surface area contributed by atoms with Crippen molar-refractivity contribution in [2.75, 3.05) is 0 Å².